The van der Waals surface area contributed by atoms with Crippen LogP contribution in [0.1, 0.15) is 53.7 Å². The molecule has 4 heteroatoms. The molecule has 2 aliphatic rings. The number of hydrogen-bond acceptors (Lipinski definition) is 3. The fourth-order valence-electron chi connectivity index (χ4n) is 3.96. The highest BCUT2D eigenvalue weighted by Crippen LogP contribution is 2.21. The number of benzene rings is 1. The van der Waals surface area contributed by atoms with Crippen LogP contribution in [-0.4, -0.2) is 28.9 Å². The van der Waals surface area contributed by atoms with Gasteiger partial charge in [-0.25, -0.2) is 4.98 Å². The summed E-state index contributed by atoms with van der Waals surface area (Å²) in [6.45, 7) is 2.35. The summed E-state index contributed by atoms with van der Waals surface area (Å²) in [6, 6.07) is 12.2. The molecule has 0 atom stereocenters. The first-order valence-electron chi connectivity index (χ1n) is 10.0. The van der Waals surface area contributed by atoms with E-state index in [1.54, 1.807) is 11.8 Å². The van der Waals surface area contributed by atoms with E-state index in [1.807, 2.05) is 23.1 Å². The van der Waals surface area contributed by atoms with Gasteiger partial charge >= 0.3 is 0 Å². The first-order valence-corrected chi connectivity index (χ1v) is 10.0. The molecule has 2 aromatic rings. The number of rotatable bonds is 5. The predicted molar refractivity (Wildman–Crippen MR) is 109 cm³/mol. The molecule has 0 spiro atoms. The number of carbonyl (C=O) groups excluding carboxylic acids is 1. The van der Waals surface area contributed by atoms with Crippen molar-refractivity contribution in [3.63, 3.8) is 0 Å². The molecule has 0 saturated carbocycles. The number of pyridine rings is 1. The zero-order valence-corrected chi connectivity index (χ0v) is 15.8. The number of anilines is 1. The van der Waals surface area contributed by atoms with Gasteiger partial charge in [0.2, 0.25) is 0 Å². The van der Waals surface area contributed by atoms with Crippen LogP contribution in [0, 0.1) is 0 Å². The summed E-state index contributed by atoms with van der Waals surface area (Å²) in [6.07, 6.45) is 11.3. The van der Waals surface area contributed by atoms with Crippen LogP contribution in [0.25, 0.3) is 0 Å². The minimum Gasteiger partial charge on any atom is -0.383 e. The number of allylic oxidation sites excluding steroid dienone is 1. The topological polar surface area (TPSA) is 45.2 Å². The van der Waals surface area contributed by atoms with Gasteiger partial charge in [-0.3, -0.25) is 4.79 Å². The second-order valence-electron chi connectivity index (χ2n) is 7.46. The maximum Gasteiger partial charge on any atom is 0.272 e. The number of fused-ring (bicyclic) bond motifs is 1. The van der Waals surface area contributed by atoms with Crippen LogP contribution in [0.15, 0.2) is 54.2 Å². The standard InChI is InChI=1S/C23H27N3O/c27-23(26-15-13-19-8-4-5-9-20(19)17-26)22-11-10-21(16-25-22)24-14-12-18-6-2-1-3-7-18/h4-6,8-11,16,24H,1-3,7,12-15,17H2. The molecule has 0 saturated heterocycles. The van der Waals surface area contributed by atoms with Gasteiger partial charge in [0.25, 0.3) is 5.91 Å². The van der Waals surface area contributed by atoms with Gasteiger partial charge in [0.1, 0.15) is 5.69 Å². The molecule has 27 heavy (non-hydrogen) atoms. The van der Waals surface area contributed by atoms with Gasteiger partial charge in [-0.15, -0.1) is 0 Å². The van der Waals surface area contributed by atoms with Crippen molar-refractivity contribution in [3.8, 4) is 0 Å². The molecule has 140 valence electrons. The van der Waals surface area contributed by atoms with Crippen LogP contribution in [0.2, 0.25) is 0 Å². The summed E-state index contributed by atoms with van der Waals surface area (Å²) < 4.78 is 0. The molecule has 4 rings (SSSR count). The molecule has 4 nitrogen and oxygen atoms in total. The Balaban J connectivity index is 1.32. The Morgan fingerprint density at radius 3 is 2.74 bits per heavy atom. The van der Waals surface area contributed by atoms with Gasteiger partial charge < -0.3 is 10.2 Å². The molecule has 1 aliphatic carbocycles. The van der Waals surface area contributed by atoms with Crippen LogP contribution in [0.4, 0.5) is 5.69 Å². The molecule has 1 aromatic heterocycles. The highest BCUT2D eigenvalue weighted by molar-refractivity contribution is 5.92. The molecule has 0 fully saturated rings. The van der Waals surface area contributed by atoms with E-state index in [9.17, 15) is 4.79 Å². The van der Waals surface area contributed by atoms with Crippen molar-refractivity contribution < 1.29 is 4.79 Å². The number of hydrogen-bond donors (Lipinski definition) is 1. The Bertz CT molecular complexity index is 826. The van der Waals surface area contributed by atoms with E-state index >= 15 is 0 Å². The fourth-order valence-corrected chi connectivity index (χ4v) is 3.96. The molecule has 1 amide bonds. The summed E-state index contributed by atoms with van der Waals surface area (Å²) >= 11 is 0. The van der Waals surface area contributed by atoms with Gasteiger partial charge in [-0.2, -0.15) is 0 Å². The van der Waals surface area contributed by atoms with Crippen LogP contribution in [0.3, 0.4) is 0 Å². The third-order valence-electron chi connectivity index (χ3n) is 5.56. The highest BCUT2D eigenvalue weighted by atomic mass is 16.2. The summed E-state index contributed by atoms with van der Waals surface area (Å²) in [7, 11) is 0. The fraction of sp³-hybridized carbons (Fsp3) is 0.391. The average Bonchev–Trinajstić information content (AvgIpc) is 2.74. The van der Waals surface area contributed by atoms with E-state index in [-0.39, 0.29) is 5.91 Å². The van der Waals surface area contributed by atoms with Crippen molar-refractivity contribution in [2.45, 2.75) is 45.1 Å². The Hall–Kier alpha value is -2.62. The van der Waals surface area contributed by atoms with Crippen molar-refractivity contribution in [1.29, 1.82) is 0 Å². The zero-order valence-electron chi connectivity index (χ0n) is 15.8. The number of carbonyl (C=O) groups is 1. The highest BCUT2D eigenvalue weighted by Gasteiger charge is 2.22. The molecule has 0 bridgehead atoms. The quantitative estimate of drug-likeness (QED) is 0.793. The average molecular weight is 361 g/mol. The predicted octanol–water partition coefficient (Wildman–Crippen LogP) is 4.58. The lowest BCUT2D eigenvalue weighted by molar-refractivity contribution is 0.0729. The molecule has 1 N–H and O–H groups in total. The second-order valence-corrected chi connectivity index (χ2v) is 7.46. The van der Waals surface area contributed by atoms with Crippen molar-refractivity contribution in [1.82, 2.24) is 9.88 Å². The van der Waals surface area contributed by atoms with E-state index in [0.29, 0.717) is 12.2 Å². The molecular formula is C23H27N3O. The van der Waals surface area contributed by atoms with E-state index in [4.69, 9.17) is 0 Å². The van der Waals surface area contributed by atoms with Gasteiger partial charge in [-0.05, 0) is 61.8 Å². The monoisotopic (exact) mass is 361 g/mol. The summed E-state index contributed by atoms with van der Waals surface area (Å²) in [5.74, 6) is 0.0171. The third kappa shape index (κ3) is 4.38. The molecule has 2 heterocycles. The van der Waals surface area contributed by atoms with E-state index in [1.165, 1.54) is 36.8 Å². The Kier molecular flexibility index (Phi) is 5.52. The first kappa shape index (κ1) is 17.8. The minimum atomic E-state index is 0.0171. The van der Waals surface area contributed by atoms with Crippen LogP contribution in [-0.2, 0) is 13.0 Å². The summed E-state index contributed by atoms with van der Waals surface area (Å²) in [5.41, 5.74) is 5.66. The summed E-state index contributed by atoms with van der Waals surface area (Å²) in [4.78, 5) is 19.1. The Labute approximate surface area is 161 Å². The maximum absolute atomic E-state index is 12.8. The number of nitrogens with one attached hydrogen (secondary N) is 1. The third-order valence-corrected chi connectivity index (χ3v) is 5.56. The van der Waals surface area contributed by atoms with Gasteiger partial charge in [-0.1, -0.05) is 35.9 Å². The van der Waals surface area contributed by atoms with E-state index in [0.717, 1.165) is 31.6 Å². The number of aromatic nitrogens is 1. The largest absolute Gasteiger partial charge is 0.383 e. The normalized spacial score (nSPS) is 16.4. The molecular weight excluding hydrogens is 334 g/mol. The van der Waals surface area contributed by atoms with Crippen molar-refractivity contribution >= 4 is 11.6 Å². The van der Waals surface area contributed by atoms with E-state index in [2.05, 4.69) is 34.6 Å². The van der Waals surface area contributed by atoms with Gasteiger partial charge in [0, 0.05) is 19.6 Å². The lowest BCUT2D eigenvalue weighted by Crippen LogP contribution is -2.36. The van der Waals surface area contributed by atoms with Crippen LogP contribution in [0.5, 0.6) is 0 Å². The lowest BCUT2D eigenvalue weighted by atomic mass is 9.97. The number of amides is 1. The maximum atomic E-state index is 12.8. The van der Waals surface area contributed by atoms with Gasteiger partial charge in [0.15, 0.2) is 0 Å². The minimum absolute atomic E-state index is 0.0171. The molecule has 1 aromatic carbocycles. The van der Waals surface area contributed by atoms with Crippen LogP contribution >= 0.6 is 0 Å². The molecule has 0 unspecified atom stereocenters. The van der Waals surface area contributed by atoms with Gasteiger partial charge in [0.05, 0.1) is 11.9 Å². The van der Waals surface area contributed by atoms with Crippen molar-refractivity contribution in [2.24, 2.45) is 0 Å². The SMILES string of the molecule is O=C(c1ccc(NCCC2=CCCCC2)cn1)N1CCc2ccccc2C1. The lowest BCUT2D eigenvalue weighted by Gasteiger charge is -2.28. The first-order chi connectivity index (χ1) is 13.3. The molecule has 1 aliphatic heterocycles. The Morgan fingerprint density at radius 1 is 1.07 bits per heavy atom. The number of nitrogens with zero attached hydrogens (tertiary/aromatic N) is 2. The van der Waals surface area contributed by atoms with E-state index < -0.39 is 0 Å². The van der Waals surface area contributed by atoms with Crippen molar-refractivity contribution in [2.75, 3.05) is 18.4 Å². The second kappa shape index (κ2) is 8.38. The van der Waals surface area contributed by atoms with Crippen molar-refractivity contribution in [3.05, 3.63) is 71.1 Å². The Morgan fingerprint density at radius 2 is 1.96 bits per heavy atom. The smallest absolute Gasteiger partial charge is 0.272 e. The summed E-state index contributed by atoms with van der Waals surface area (Å²) in [5, 5.41) is 3.42. The molecule has 0 radical (unpaired) electrons. The zero-order chi connectivity index (χ0) is 18.5. The van der Waals surface area contributed by atoms with Crippen LogP contribution < -0.4 is 5.32 Å².